The summed E-state index contributed by atoms with van der Waals surface area (Å²) in [7, 11) is 3.56. The average molecular weight is 512 g/mol. The van der Waals surface area contributed by atoms with Gasteiger partial charge in [-0.15, -0.1) is 0 Å². The van der Waals surface area contributed by atoms with Crippen LogP contribution in [0.15, 0.2) is 48.5 Å². The van der Waals surface area contributed by atoms with Crippen LogP contribution in [0, 0.1) is 36.0 Å². The Hall–Kier alpha value is -4.54. The highest BCUT2D eigenvalue weighted by molar-refractivity contribution is 5.72. The molecule has 4 rings (SSSR count). The molecule has 11 heteroatoms. The van der Waals surface area contributed by atoms with Crippen molar-refractivity contribution in [3.8, 4) is 0 Å². The van der Waals surface area contributed by atoms with E-state index in [2.05, 4.69) is 25.6 Å². The molecular weight excluding hydrogens is 491 g/mol. The fourth-order valence-corrected chi connectivity index (χ4v) is 3.33. The minimum absolute atomic E-state index is 0.217. The van der Waals surface area contributed by atoms with E-state index in [1.54, 1.807) is 43.3 Å². The van der Waals surface area contributed by atoms with Crippen LogP contribution in [0.25, 0.3) is 12.2 Å². The number of halogens is 5. The molecule has 0 unspecified atom stereocenters. The van der Waals surface area contributed by atoms with Crippen LogP contribution in [-0.4, -0.2) is 29.0 Å². The summed E-state index contributed by atoms with van der Waals surface area (Å²) in [5.41, 5.74) is 1.75. The predicted octanol–water partition coefficient (Wildman–Crippen LogP) is 6.60. The molecular formula is C26H21F5N6. The number of aromatic nitrogens is 3. The third kappa shape index (κ3) is 5.83. The SMILES string of the molecule is Cc1cccc(Nc2nc(Nc3cccc(/C=C/c4c(F)c(F)c(F)c(F)c4F)c3)nc(N(C)C)n2)c1. The minimum Gasteiger partial charge on any atom is -0.347 e. The quantitative estimate of drug-likeness (QED) is 0.126. The molecule has 190 valence electrons. The highest BCUT2D eigenvalue weighted by Gasteiger charge is 2.24. The molecule has 0 saturated heterocycles. The molecule has 0 aliphatic heterocycles. The van der Waals surface area contributed by atoms with Crippen molar-refractivity contribution in [1.29, 1.82) is 0 Å². The van der Waals surface area contributed by atoms with Gasteiger partial charge in [0.2, 0.25) is 23.7 Å². The summed E-state index contributed by atoms with van der Waals surface area (Å²) < 4.78 is 68.2. The highest BCUT2D eigenvalue weighted by Crippen LogP contribution is 2.26. The Morgan fingerprint density at radius 1 is 0.676 bits per heavy atom. The maximum Gasteiger partial charge on any atom is 0.233 e. The summed E-state index contributed by atoms with van der Waals surface area (Å²) in [5.74, 6) is -9.12. The molecule has 1 heterocycles. The molecule has 0 aliphatic rings. The largest absolute Gasteiger partial charge is 0.347 e. The van der Waals surface area contributed by atoms with Crippen LogP contribution >= 0.6 is 0 Å². The van der Waals surface area contributed by atoms with Crippen LogP contribution in [0.2, 0.25) is 0 Å². The van der Waals surface area contributed by atoms with Gasteiger partial charge in [0.1, 0.15) is 0 Å². The monoisotopic (exact) mass is 512 g/mol. The molecule has 0 radical (unpaired) electrons. The van der Waals surface area contributed by atoms with Gasteiger partial charge in [-0.05, 0) is 48.4 Å². The van der Waals surface area contributed by atoms with Gasteiger partial charge >= 0.3 is 0 Å². The molecule has 0 aliphatic carbocycles. The standard InChI is InChI=1S/C26H21F5N6/c1-14-6-4-8-16(12-14)32-24-34-25(36-26(35-24)37(2)3)33-17-9-5-7-15(13-17)10-11-18-19(27)21(29)23(31)22(30)20(18)28/h4-13H,1-3H3,(H2,32,33,34,35,36)/b11-10+. The Labute approximate surface area is 209 Å². The zero-order valence-electron chi connectivity index (χ0n) is 20.0. The van der Waals surface area contributed by atoms with Gasteiger partial charge in [0.15, 0.2) is 23.3 Å². The number of hydrogen-bond acceptors (Lipinski definition) is 6. The summed E-state index contributed by atoms with van der Waals surface area (Å²) in [5, 5.41) is 6.18. The Kier molecular flexibility index (Phi) is 7.32. The van der Waals surface area contributed by atoms with E-state index in [0.717, 1.165) is 17.3 Å². The predicted molar refractivity (Wildman–Crippen MR) is 134 cm³/mol. The van der Waals surface area contributed by atoms with Crippen molar-refractivity contribution in [2.45, 2.75) is 6.92 Å². The average Bonchev–Trinajstić information content (AvgIpc) is 2.86. The lowest BCUT2D eigenvalue weighted by atomic mass is 10.1. The zero-order chi connectivity index (χ0) is 26.7. The molecule has 6 nitrogen and oxygen atoms in total. The van der Waals surface area contributed by atoms with Crippen molar-refractivity contribution < 1.29 is 22.0 Å². The topological polar surface area (TPSA) is 66.0 Å². The number of hydrogen-bond donors (Lipinski definition) is 2. The molecule has 4 aromatic rings. The fraction of sp³-hybridized carbons (Fsp3) is 0.115. The van der Waals surface area contributed by atoms with Gasteiger partial charge in [-0.1, -0.05) is 30.3 Å². The van der Waals surface area contributed by atoms with E-state index in [9.17, 15) is 22.0 Å². The van der Waals surface area contributed by atoms with Gasteiger partial charge in [-0.3, -0.25) is 0 Å². The number of nitrogens with zero attached hydrogens (tertiary/aromatic N) is 4. The molecule has 0 bridgehead atoms. The van der Waals surface area contributed by atoms with E-state index in [4.69, 9.17) is 0 Å². The Morgan fingerprint density at radius 2 is 1.22 bits per heavy atom. The maximum atomic E-state index is 14.0. The van der Waals surface area contributed by atoms with Crippen molar-refractivity contribution in [2.24, 2.45) is 0 Å². The van der Waals surface area contributed by atoms with Crippen LogP contribution in [0.4, 0.5) is 51.2 Å². The highest BCUT2D eigenvalue weighted by atomic mass is 19.2. The molecule has 0 spiro atoms. The van der Waals surface area contributed by atoms with Gasteiger partial charge in [0, 0.05) is 25.5 Å². The lowest BCUT2D eigenvalue weighted by molar-refractivity contribution is 0.377. The van der Waals surface area contributed by atoms with E-state index >= 15 is 0 Å². The van der Waals surface area contributed by atoms with E-state index in [0.29, 0.717) is 23.1 Å². The van der Waals surface area contributed by atoms with E-state index < -0.39 is 34.6 Å². The number of nitrogens with one attached hydrogen (secondary N) is 2. The van der Waals surface area contributed by atoms with Crippen molar-refractivity contribution in [3.63, 3.8) is 0 Å². The summed E-state index contributed by atoms with van der Waals surface area (Å²) in [4.78, 5) is 14.9. The third-order valence-electron chi connectivity index (χ3n) is 5.13. The van der Waals surface area contributed by atoms with E-state index in [-0.39, 0.29) is 5.95 Å². The molecule has 37 heavy (non-hydrogen) atoms. The van der Waals surface area contributed by atoms with Crippen LogP contribution in [-0.2, 0) is 0 Å². The van der Waals surface area contributed by atoms with Crippen LogP contribution in [0.3, 0.4) is 0 Å². The second-order valence-corrected chi connectivity index (χ2v) is 8.24. The van der Waals surface area contributed by atoms with Crippen molar-refractivity contribution in [1.82, 2.24) is 15.0 Å². The van der Waals surface area contributed by atoms with Gasteiger partial charge in [0.25, 0.3) is 0 Å². The minimum atomic E-state index is -2.20. The van der Waals surface area contributed by atoms with Crippen molar-refractivity contribution in [3.05, 3.63) is 94.3 Å². The molecule has 3 aromatic carbocycles. The van der Waals surface area contributed by atoms with Gasteiger partial charge < -0.3 is 15.5 Å². The molecule has 0 fully saturated rings. The van der Waals surface area contributed by atoms with E-state index in [1.165, 1.54) is 6.08 Å². The second-order valence-electron chi connectivity index (χ2n) is 8.24. The lowest BCUT2D eigenvalue weighted by Gasteiger charge is -2.14. The molecule has 1 aromatic heterocycles. The number of aryl methyl sites for hydroxylation is 1. The maximum absolute atomic E-state index is 14.0. The fourth-order valence-electron chi connectivity index (χ4n) is 3.33. The van der Waals surface area contributed by atoms with Gasteiger partial charge in [0.05, 0.1) is 5.56 Å². The van der Waals surface area contributed by atoms with E-state index in [1.807, 2.05) is 31.2 Å². The first-order valence-electron chi connectivity index (χ1n) is 11.0. The normalized spacial score (nSPS) is 11.1. The Bertz CT molecular complexity index is 1460. The smallest absolute Gasteiger partial charge is 0.233 e. The summed E-state index contributed by atoms with van der Waals surface area (Å²) in [6.45, 7) is 1.96. The molecule has 0 amide bonds. The van der Waals surface area contributed by atoms with Gasteiger partial charge in [-0.25, -0.2) is 22.0 Å². The molecule has 0 atom stereocenters. The number of anilines is 5. The molecule has 0 saturated carbocycles. The first-order valence-corrected chi connectivity index (χ1v) is 11.0. The second kappa shape index (κ2) is 10.6. The zero-order valence-corrected chi connectivity index (χ0v) is 20.0. The van der Waals surface area contributed by atoms with Crippen molar-refractivity contribution in [2.75, 3.05) is 29.6 Å². The number of rotatable bonds is 7. The van der Waals surface area contributed by atoms with Crippen LogP contribution < -0.4 is 15.5 Å². The van der Waals surface area contributed by atoms with Gasteiger partial charge in [-0.2, -0.15) is 15.0 Å². The Morgan fingerprint density at radius 3 is 1.78 bits per heavy atom. The number of benzene rings is 3. The lowest BCUT2D eigenvalue weighted by Crippen LogP contribution is -2.15. The first kappa shape index (κ1) is 25.5. The molecule has 2 N–H and O–H groups in total. The van der Waals surface area contributed by atoms with Crippen molar-refractivity contribution >= 4 is 41.4 Å². The Balaban J connectivity index is 1.61. The van der Waals surface area contributed by atoms with Crippen LogP contribution in [0.5, 0.6) is 0 Å². The first-order chi connectivity index (χ1) is 17.6. The third-order valence-corrected chi connectivity index (χ3v) is 5.13. The summed E-state index contributed by atoms with van der Waals surface area (Å²) in [6.07, 6.45) is 2.05. The summed E-state index contributed by atoms with van der Waals surface area (Å²) >= 11 is 0. The summed E-state index contributed by atoms with van der Waals surface area (Å²) in [6, 6.07) is 14.2. The van der Waals surface area contributed by atoms with Crippen LogP contribution in [0.1, 0.15) is 16.7 Å².